The van der Waals surface area contributed by atoms with E-state index in [0.717, 1.165) is 0 Å². The first-order valence-electron chi connectivity index (χ1n) is 5.08. The number of ketones is 1. The average molecular weight is 238 g/mol. The molecular formula is C12H14O5. The molecule has 0 bridgehead atoms. The van der Waals surface area contributed by atoms with Crippen molar-refractivity contribution in [2.75, 3.05) is 13.7 Å². The molecule has 0 fully saturated rings. The van der Waals surface area contributed by atoms with E-state index in [1.165, 1.54) is 14.0 Å². The van der Waals surface area contributed by atoms with Crippen LogP contribution >= 0.6 is 0 Å². The second-order valence-electron chi connectivity index (χ2n) is 3.41. The van der Waals surface area contributed by atoms with Crippen LogP contribution in [0, 0.1) is 0 Å². The van der Waals surface area contributed by atoms with Crippen LogP contribution in [0.3, 0.4) is 0 Å². The molecule has 0 heterocycles. The molecule has 0 unspecified atom stereocenters. The molecule has 0 saturated carbocycles. The molecule has 92 valence electrons. The first-order chi connectivity index (χ1) is 8.04. The van der Waals surface area contributed by atoms with Gasteiger partial charge in [-0.05, 0) is 25.1 Å². The summed E-state index contributed by atoms with van der Waals surface area (Å²) in [5, 5.41) is 8.48. The van der Waals surface area contributed by atoms with Crippen molar-refractivity contribution < 1.29 is 24.2 Å². The van der Waals surface area contributed by atoms with Crippen molar-refractivity contribution in [1.82, 2.24) is 0 Å². The SMILES string of the molecule is COc1cc(C(C)=O)ccc1OCCC(=O)O. The molecule has 0 aromatic heterocycles. The smallest absolute Gasteiger partial charge is 0.306 e. The summed E-state index contributed by atoms with van der Waals surface area (Å²) in [6.45, 7) is 1.52. The zero-order valence-corrected chi connectivity index (χ0v) is 9.73. The Morgan fingerprint density at radius 2 is 2.00 bits per heavy atom. The molecule has 0 saturated heterocycles. The monoisotopic (exact) mass is 238 g/mol. The molecule has 1 N–H and O–H groups in total. The zero-order chi connectivity index (χ0) is 12.8. The fourth-order valence-corrected chi connectivity index (χ4v) is 1.25. The van der Waals surface area contributed by atoms with Gasteiger partial charge in [-0.15, -0.1) is 0 Å². The molecule has 1 aromatic carbocycles. The molecule has 5 heteroatoms. The summed E-state index contributed by atoms with van der Waals surface area (Å²) in [5.41, 5.74) is 0.521. The molecule has 1 rings (SSSR count). The molecule has 0 atom stereocenters. The lowest BCUT2D eigenvalue weighted by Gasteiger charge is -2.10. The van der Waals surface area contributed by atoms with E-state index in [9.17, 15) is 9.59 Å². The molecule has 0 aliphatic rings. The van der Waals surface area contributed by atoms with Crippen molar-refractivity contribution in [1.29, 1.82) is 0 Å². The Bertz CT molecular complexity index is 425. The van der Waals surface area contributed by atoms with Crippen molar-refractivity contribution in [2.45, 2.75) is 13.3 Å². The molecule has 0 aliphatic carbocycles. The zero-order valence-electron chi connectivity index (χ0n) is 9.73. The van der Waals surface area contributed by atoms with Crippen LogP contribution in [0.4, 0.5) is 0 Å². The third kappa shape index (κ3) is 3.79. The number of benzene rings is 1. The van der Waals surface area contributed by atoms with Crippen LogP contribution in [-0.4, -0.2) is 30.6 Å². The van der Waals surface area contributed by atoms with E-state index in [-0.39, 0.29) is 18.8 Å². The van der Waals surface area contributed by atoms with Gasteiger partial charge in [0.05, 0.1) is 20.1 Å². The van der Waals surface area contributed by atoms with Gasteiger partial charge in [-0.1, -0.05) is 0 Å². The highest BCUT2D eigenvalue weighted by molar-refractivity contribution is 5.94. The van der Waals surface area contributed by atoms with Gasteiger partial charge in [-0.3, -0.25) is 9.59 Å². The van der Waals surface area contributed by atoms with Gasteiger partial charge in [0.25, 0.3) is 0 Å². The number of hydrogen-bond acceptors (Lipinski definition) is 4. The van der Waals surface area contributed by atoms with Crippen LogP contribution in [-0.2, 0) is 4.79 Å². The number of carboxylic acid groups (broad SMARTS) is 1. The van der Waals surface area contributed by atoms with E-state index >= 15 is 0 Å². The van der Waals surface area contributed by atoms with Gasteiger partial charge in [-0.25, -0.2) is 0 Å². The number of rotatable bonds is 6. The molecule has 17 heavy (non-hydrogen) atoms. The van der Waals surface area contributed by atoms with E-state index in [1.807, 2.05) is 0 Å². The van der Waals surface area contributed by atoms with E-state index in [0.29, 0.717) is 17.1 Å². The van der Waals surface area contributed by atoms with Crippen molar-refractivity contribution in [2.24, 2.45) is 0 Å². The number of hydrogen-bond donors (Lipinski definition) is 1. The summed E-state index contributed by atoms with van der Waals surface area (Å²) in [4.78, 5) is 21.5. The number of carbonyl (C=O) groups is 2. The molecule has 0 spiro atoms. The lowest BCUT2D eigenvalue weighted by Crippen LogP contribution is -2.06. The van der Waals surface area contributed by atoms with Gasteiger partial charge in [0, 0.05) is 5.56 Å². The Labute approximate surface area is 99.0 Å². The van der Waals surface area contributed by atoms with Gasteiger partial charge in [0.1, 0.15) is 0 Å². The molecule has 0 amide bonds. The third-order valence-electron chi connectivity index (χ3n) is 2.14. The van der Waals surface area contributed by atoms with Crippen molar-refractivity contribution in [3.05, 3.63) is 23.8 Å². The summed E-state index contributed by atoms with van der Waals surface area (Å²) >= 11 is 0. The maximum atomic E-state index is 11.2. The van der Waals surface area contributed by atoms with Crippen molar-refractivity contribution in [3.8, 4) is 11.5 Å². The van der Waals surface area contributed by atoms with E-state index in [1.54, 1.807) is 18.2 Å². The van der Waals surface area contributed by atoms with Crippen molar-refractivity contribution >= 4 is 11.8 Å². The number of ether oxygens (including phenoxy) is 2. The lowest BCUT2D eigenvalue weighted by atomic mass is 10.1. The highest BCUT2D eigenvalue weighted by atomic mass is 16.5. The predicted molar refractivity (Wildman–Crippen MR) is 60.7 cm³/mol. The van der Waals surface area contributed by atoms with E-state index < -0.39 is 5.97 Å². The van der Waals surface area contributed by atoms with Crippen LogP contribution in [0.5, 0.6) is 11.5 Å². The summed E-state index contributed by atoms with van der Waals surface area (Å²) < 4.78 is 10.3. The highest BCUT2D eigenvalue weighted by Crippen LogP contribution is 2.28. The largest absolute Gasteiger partial charge is 0.493 e. The van der Waals surface area contributed by atoms with Crippen LogP contribution in [0.25, 0.3) is 0 Å². The molecular weight excluding hydrogens is 224 g/mol. The van der Waals surface area contributed by atoms with Crippen LogP contribution < -0.4 is 9.47 Å². The quantitative estimate of drug-likeness (QED) is 0.764. The summed E-state index contributed by atoms with van der Waals surface area (Å²) in [6, 6.07) is 4.77. The fraction of sp³-hybridized carbons (Fsp3) is 0.333. The third-order valence-corrected chi connectivity index (χ3v) is 2.14. The lowest BCUT2D eigenvalue weighted by molar-refractivity contribution is -0.137. The van der Waals surface area contributed by atoms with E-state index in [4.69, 9.17) is 14.6 Å². The minimum absolute atomic E-state index is 0.0606. The van der Waals surface area contributed by atoms with Gasteiger partial charge in [-0.2, -0.15) is 0 Å². The predicted octanol–water partition coefficient (Wildman–Crippen LogP) is 1.75. The highest BCUT2D eigenvalue weighted by Gasteiger charge is 2.08. The van der Waals surface area contributed by atoms with Crippen LogP contribution in [0.1, 0.15) is 23.7 Å². The Morgan fingerprint density at radius 1 is 1.29 bits per heavy atom. The summed E-state index contributed by atoms with van der Waals surface area (Å²) in [6.07, 6.45) is -0.0857. The Kier molecular flexibility index (Phi) is 4.51. The number of carboxylic acids is 1. The fourth-order valence-electron chi connectivity index (χ4n) is 1.25. The Morgan fingerprint density at radius 3 is 2.53 bits per heavy atom. The molecule has 0 aliphatic heterocycles. The maximum absolute atomic E-state index is 11.2. The van der Waals surface area contributed by atoms with Gasteiger partial charge in [0.2, 0.25) is 0 Å². The minimum Gasteiger partial charge on any atom is -0.493 e. The number of carbonyl (C=O) groups excluding carboxylic acids is 1. The normalized spacial score (nSPS) is 9.76. The Hall–Kier alpha value is -2.04. The van der Waals surface area contributed by atoms with Gasteiger partial charge < -0.3 is 14.6 Å². The average Bonchev–Trinajstić information content (AvgIpc) is 2.28. The van der Waals surface area contributed by atoms with Crippen LogP contribution in [0.15, 0.2) is 18.2 Å². The summed E-state index contributed by atoms with van der Waals surface area (Å²) in [7, 11) is 1.46. The number of Topliss-reactive ketones (excluding diaryl/α,β-unsaturated/α-hetero) is 1. The van der Waals surface area contributed by atoms with Gasteiger partial charge >= 0.3 is 5.97 Å². The second-order valence-corrected chi connectivity index (χ2v) is 3.41. The molecule has 1 aromatic rings. The first-order valence-corrected chi connectivity index (χ1v) is 5.08. The topological polar surface area (TPSA) is 72.8 Å². The number of aliphatic carboxylic acids is 1. The standard InChI is InChI=1S/C12H14O5/c1-8(13)9-3-4-10(11(7-9)16-2)17-6-5-12(14)15/h3-4,7H,5-6H2,1-2H3,(H,14,15). The number of methoxy groups -OCH3 is 1. The van der Waals surface area contributed by atoms with E-state index in [2.05, 4.69) is 0 Å². The van der Waals surface area contributed by atoms with Crippen LogP contribution in [0.2, 0.25) is 0 Å². The second kappa shape index (κ2) is 5.89. The maximum Gasteiger partial charge on any atom is 0.306 e. The molecule has 5 nitrogen and oxygen atoms in total. The molecule has 0 radical (unpaired) electrons. The Balaban J connectivity index is 2.78. The van der Waals surface area contributed by atoms with Gasteiger partial charge in [0.15, 0.2) is 17.3 Å². The summed E-state index contributed by atoms with van der Waals surface area (Å²) in [5.74, 6) is -0.147. The van der Waals surface area contributed by atoms with Crippen molar-refractivity contribution in [3.63, 3.8) is 0 Å². The first kappa shape index (κ1) is 13.0. The minimum atomic E-state index is -0.927.